The summed E-state index contributed by atoms with van der Waals surface area (Å²) in [6.07, 6.45) is 8.44. The van der Waals surface area contributed by atoms with Crippen LogP contribution < -0.4 is 5.32 Å². The van der Waals surface area contributed by atoms with E-state index in [2.05, 4.69) is 15.3 Å². The Morgan fingerprint density at radius 2 is 2.40 bits per heavy atom. The number of hydroxylamine groups is 2. The summed E-state index contributed by atoms with van der Waals surface area (Å²) >= 11 is 0. The zero-order valence-electron chi connectivity index (χ0n) is 11.9. The third-order valence-electron chi connectivity index (χ3n) is 3.20. The van der Waals surface area contributed by atoms with E-state index < -0.39 is 0 Å². The Kier molecular flexibility index (Phi) is 5.88. The number of rotatable bonds is 6. The van der Waals surface area contributed by atoms with Gasteiger partial charge in [0.2, 0.25) is 5.91 Å². The predicted molar refractivity (Wildman–Crippen MR) is 74.7 cm³/mol. The molecule has 2 heterocycles. The van der Waals surface area contributed by atoms with E-state index in [0.29, 0.717) is 19.4 Å². The van der Waals surface area contributed by atoms with Gasteiger partial charge in [0.05, 0.1) is 12.3 Å². The second-order valence-electron chi connectivity index (χ2n) is 5.09. The van der Waals surface area contributed by atoms with Crippen molar-refractivity contribution in [1.29, 1.82) is 0 Å². The number of hydrogen-bond donors (Lipinski definition) is 1. The molecule has 1 amide bonds. The molecule has 2 rings (SSSR count). The third-order valence-corrected chi connectivity index (χ3v) is 3.20. The van der Waals surface area contributed by atoms with Crippen LogP contribution in [-0.4, -0.2) is 46.7 Å². The molecule has 0 aliphatic carbocycles. The molecule has 0 bridgehead atoms. The first-order valence-electron chi connectivity index (χ1n) is 7.16. The maximum absolute atomic E-state index is 11.9. The molecule has 1 aliphatic rings. The van der Waals surface area contributed by atoms with Crippen molar-refractivity contribution < 1.29 is 9.63 Å². The highest BCUT2D eigenvalue weighted by molar-refractivity contribution is 5.76. The molecule has 1 atom stereocenters. The molecule has 20 heavy (non-hydrogen) atoms. The average Bonchev–Trinajstić information content (AvgIpc) is 2.47. The topological polar surface area (TPSA) is 67.4 Å². The molecule has 1 aromatic rings. The lowest BCUT2D eigenvalue weighted by Crippen LogP contribution is -2.38. The number of aromatic nitrogens is 2. The van der Waals surface area contributed by atoms with E-state index in [1.807, 2.05) is 12.0 Å². The summed E-state index contributed by atoms with van der Waals surface area (Å²) < 4.78 is 0. The summed E-state index contributed by atoms with van der Waals surface area (Å²) in [5.74, 6) is 0.0514. The van der Waals surface area contributed by atoms with Gasteiger partial charge < -0.3 is 5.32 Å². The van der Waals surface area contributed by atoms with E-state index in [1.54, 1.807) is 18.6 Å². The van der Waals surface area contributed by atoms with Gasteiger partial charge in [0, 0.05) is 50.6 Å². The fraction of sp³-hybridized carbons (Fsp3) is 0.643. The molecule has 0 aromatic carbocycles. The molecular formula is C14H22N4O2. The van der Waals surface area contributed by atoms with Crippen LogP contribution in [0.25, 0.3) is 0 Å². The largest absolute Gasteiger partial charge is 0.353 e. The van der Waals surface area contributed by atoms with Crippen molar-refractivity contribution in [2.24, 2.45) is 0 Å². The highest BCUT2D eigenvalue weighted by Crippen LogP contribution is 2.06. The van der Waals surface area contributed by atoms with Gasteiger partial charge in [0.1, 0.15) is 0 Å². The lowest BCUT2D eigenvalue weighted by atomic mass is 10.2. The molecule has 6 heteroatoms. The second kappa shape index (κ2) is 7.91. The molecule has 0 radical (unpaired) electrons. The van der Waals surface area contributed by atoms with E-state index in [-0.39, 0.29) is 11.9 Å². The van der Waals surface area contributed by atoms with Crippen molar-refractivity contribution in [3.8, 4) is 0 Å². The lowest BCUT2D eigenvalue weighted by molar-refractivity contribution is -0.181. The van der Waals surface area contributed by atoms with Gasteiger partial charge in [-0.15, -0.1) is 0 Å². The fourth-order valence-corrected chi connectivity index (χ4v) is 2.20. The molecule has 1 aromatic heterocycles. The van der Waals surface area contributed by atoms with Crippen molar-refractivity contribution >= 4 is 5.91 Å². The molecule has 0 saturated carbocycles. The summed E-state index contributed by atoms with van der Waals surface area (Å²) in [5, 5.41) is 4.86. The fourth-order valence-electron chi connectivity index (χ4n) is 2.20. The number of amides is 1. The summed E-state index contributed by atoms with van der Waals surface area (Å²) in [6, 6.07) is 0.0569. The molecule has 1 fully saturated rings. The number of hydrogen-bond acceptors (Lipinski definition) is 5. The van der Waals surface area contributed by atoms with E-state index in [0.717, 1.165) is 31.7 Å². The molecule has 1 aliphatic heterocycles. The number of carbonyl (C=O) groups is 1. The zero-order chi connectivity index (χ0) is 14.2. The Labute approximate surface area is 119 Å². The third kappa shape index (κ3) is 5.22. The SMILES string of the molecule is CC(Cc1cnccn1)NC(=O)CCN1CCCCO1. The minimum absolute atomic E-state index is 0.0514. The van der Waals surface area contributed by atoms with E-state index >= 15 is 0 Å². The highest BCUT2D eigenvalue weighted by Gasteiger charge is 2.14. The normalized spacial score (nSPS) is 17.6. The van der Waals surface area contributed by atoms with Crippen molar-refractivity contribution in [3.05, 3.63) is 24.3 Å². The van der Waals surface area contributed by atoms with Crippen LogP contribution in [-0.2, 0) is 16.1 Å². The highest BCUT2D eigenvalue weighted by atomic mass is 16.7. The smallest absolute Gasteiger partial charge is 0.221 e. The number of nitrogens with one attached hydrogen (secondary N) is 1. The van der Waals surface area contributed by atoms with Gasteiger partial charge >= 0.3 is 0 Å². The van der Waals surface area contributed by atoms with Gasteiger partial charge in [-0.25, -0.2) is 0 Å². The monoisotopic (exact) mass is 278 g/mol. The van der Waals surface area contributed by atoms with Gasteiger partial charge in [-0.05, 0) is 19.8 Å². The van der Waals surface area contributed by atoms with Crippen LogP contribution in [0.3, 0.4) is 0 Å². The molecule has 1 N–H and O–H groups in total. The lowest BCUT2D eigenvalue weighted by Gasteiger charge is -2.25. The van der Waals surface area contributed by atoms with Crippen LogP contribution in [0.1, 0.15) is 31.9 Å². The second-order valence-corrected chi connectivity index (χ2v) is 5.09. The number of nitrogens with zero attached hydrogens (tertiary/aromatic N) is 3. The minimum atomic E-state index is 0.0514. The van der Waals surface area contributed by atoms with Crippen molar-refractivity contribution in [3.63, 3.8) is 0 Å². The van der Waals surface area contributed by atoms with Crippen LogP contribution in [0.2, 0.25) is 0 Å². The van der Waals surface area contributed by atoms with Gasteiger partial charge in [-0.3, -0.25) is 19.6 Å². The summed E-state index contributed by atoms with van der Waals surface area (Å²) in [5.41, 5.74) is 0.889. The van der Waals surface area contributed by atoms with Crippen molar-refractivity contribution in [1.82, 2.24) is 20.3 Å². The average molecular weight is 278 g/mol. The van der Waals surface area contributed by atoms with Crippen LogP contribution in [0.5, 0.6) is 0 Å². The van der Waals surface area contributed by atoms with Crippen LogP contribution in [0.15, 0.2) is 18.6 Å². The predicted octanol–water partition coefficient (Wildman–Crippen LogP) is 0.941. The zero-order valence-corrected chi connectivity index (χ0v) is 11.9. The van der Waals surface area contributed by atoms with E-state index in [4.69, 9.17) is 4.84 Å². The molecule has 1 unspecified atom stereocenters. The first-order valence-corrected chi connectivity index (χ1v) is 7.16. The summed E-state index contributed by atoms with van der Waals surface area (Å²) in [6.45, 7) is 4.32. The van der Waals surface area contributed by atoms with E-state index in [9.17, 15) is 4.79 Å². The maximum atomic E-state index is 11.9. The first-order chi connectivity index (χ1) is 9.74. The van der Waals surface area contributed by atoms with Gasteiger partial charge in [-0.1, -0.05) is 0 Å². The van der Waals surface area contributed by atoms with Gasteiger partial charge in [-0.2, -0.15) is 5.06 Å². The van der Waals surface area contributed by atoms with Crippen molar-refractivity contribution in [2.75, 3.05) is 19.7 Å². The molecule has 1 saturated heterocycles. The van der Waals surface area contributed by atoms with Crippen LogP contribution >= 0.6 is 0 Å². The molecule has 6 nitrogen and oxygen atoms in total. The standard InChI is InChI=1S/C14H22N4O2/c1-12(10-13-11-15-5-6-16-13)17-14(19)4-8-18-7-2-3-9-20-18/h5-6,11-12H,2-4,7-10H2,1H3,(H,17,19). The van der Waals surface area contributed by atoms with Crippen LogP contribution in [0.4, 0.5) is 0 Å². The Bertz CT molecular complexity index is 407. The molecular weight excluding hydrogens is 256 g/mol. The minimum Gasteiger partial charge on any atom is -0.353 e. The van der Waals surface area contributed by atoms with Crippen LogP contribution in [0, 0.1) is 0 Å². The quantitative estimate of drug-likeness (QED) is 0.839. The molecule has 110 valence electrons. The summed E-state index contributed by atoms with van der Waals surface area (Å²) in [4.78, 5) is 25.5. The Morgan fingerprint density at radius 3 is 3.10 bits per heavy atom. The van der Waals surface area contributed by atoms with E-state index in [1.165, 1.54) is 0 Å². The van der Waals surface area contributed by atoms with Gasteiger partial charge in [0.25, 0.3) is 0 Å². The Hall–Kier alpha value is -1.53. The first kappa shape index (κ1) is 14.9. The Morgan fingerprint density at radius 1 is 1.50 bits per heavy atom. The van der Waals surface area contributed by atoms with Crippen molar-refractivity contribution in [2.45, 2.75) is 38.6 Å². The number of carbonyl (C=O) groups excluding carboxylic acids is 1. The van der Waals surface area contributed by atoms with Gasteiger partial charge in [0.15, 0.2) is 0 Å². The summed E-state index contributed by atoms with van der Waals surface area (Å²) in [7, 11) is 0. The maximum Gasteiger partial charge on any atom is 0.221 e. The Balaban J connectivity index is 1.65. The molecule has 0 spiro atoms.